The molecule has 1 saturated carbocycles. The monoisotopic (exact) mass is 128 g/mol. The first-order valence-corrected chi connectivity index (χ1v) is 2.97. The summed E-state index contributed by atoms with van der Waals surface area (Å²) in [6.07, 6.45) is -4.36. The van der Waals surface area contributed by atoms with Gasteiger partial charge in [0.25, 0.3) is 0 Å². The molecule has 0 aromatic carbocycles. The molecule has 50 valence electrons. The van der Waals surface area contributed by atoms with Crippen LogP contribution in [0.15, 0.2) is 0 Å². The number of rotatable bonds is 0. The lowest BCUT2D eigenvalue weighted by Crippen LogP contribution is -2.14. The van der Waals surface area contributed by atoms with Gasteiger partial charge in [-0.05, 0) is 18.7 Å². The van der Waals surface area contributed by atoms with E-state index in [9.17, 15) is 0 Å². The van der Waals surface area contributed by atoms with Crippen LogP contribution in [0.3, 0.4) is 0 Å². The summed E-state index contributed by atoms with van der Waals surface area (Å²) in [6.45, 7) is 1.44. The van der Waals surface area contributed by atoms with E-state index in [-0.39, 0.29) is 6.42 Å². The predicted octanol–water partition coefficient (Wildman–Crippen LogP) is 2.34. The van der Waals surface area contributed by atoms with E-state index >= 15 is 0 Å². The molecule has 0 N–H and O–H groups in total. The molecule has 0 amide bonds. The second-order valence-corrected chi connectivity index (χ2v) is 2.17. The Hall–Kier alpha value is -0.510. The van der Waals surface area contributed by atoms with Crippen LogP contribution in [0.5, 0.6) is 0 Å². The van der Waals surface area contributed by atoms with E-state index in [1.165, 1.54) is 6.92 Å². The molecule has 1 rings (SSSR count). The van der Waals surface area contributed by atoms with Gasteiger partial charge in [0.15, 0.2) is 0 Å². The summed E-state index contributed by atoms with van der Waals surface area (Å²) in [7, 11) is 0. The third kappa shape index (κ3) is 1.45. The molecule has 1 aliphatic rings. The lowest BCUT2D eigenvalue weighted by Gasteiger charge is -2.22. The molecule has 0 spiro atoms. The molecule has 0 aliphatic heterocycles. The van der Waals surface area contributed by atoms with Crippen LogP contribution in [0.2, 0.25) is 0 Å². The van der Waals surface area contributed by atoms with E-state index in [1.54, 1.807) is 0 Å². The maximum Gasteiger partial charge on any atom is 0.0658 e. The normalized spacial score (nSPS) is 73.8. The topological polar surface area (TPSA) is 23.8 Å². The molecule has 4 atom stereocenters. The molecule has 0 bridgehead atoms. The van der Waals surface area contributed by atoms with Crippen LogP contribution in [-0.2, 0) is 0 Å². The molecule has 9 heavy (non-hydrogen) atoms. The summed E-state index contributed by atoms with van der Waals surface area (Å²) in [5, 5.41) is 8.78. The second-order valence-electron chi connectivity index (χ2n) is 2.17. The second kappa shape index (κ2) is 2.87. The first kappa shape index (κ1) is 2.62. The van der Waals surface area contributed by atoms with Crippen LogP contribution in [-0.4, -0.2) is 0 Å². The van der Waals surface area contributed by atoms with Gasteiger partial charge in [-0.2, -0.15) is 5.26 Å². The van der Waals surface area contributed by atoms with Gasteiger partial charge in [0.2, 0.25) is 0 Å². The van der Waals surface area contributed by atoms with Crippen LogP contribution in [0.1, 0.15) is 39.4 Å². The summed E-state index contributed by atoms with van der Waals surface area (Å²) >= 11 is 0. The van der Waals surface area contributed by atoms with E-state index in [0.29, 0.717) is 0 Å². The molecule has 0 unspecified atom stereocenters. The first-order chi connectivity index (χ1) is 6.23. The van der Waals surface area contributed by atoms with Crippen molar-refractivity contribution in [1.29, 1.82) is 5.26 Å². The van der Waals surface area contributed by atoms with Gasteiger partial charge in [-0.25, -0.2) is 0 Å². The van der Waals surface area contributed by atoms with Crippen molar-refractivity contribution in [3.8, 4) is 6.07 Å². The van der Waals surface area contributed by atoms with Crippen LogP contribution in [0.25, 0.3) is 0 Å². The fourth-order valence-corrected chi connectivity index (χ4v) is 0.801. The molecule has 0 aromatic heterocycles. The minimum absolute atomic E-state index is 0.118. The van der Waals surface area contributed by atoms with Crippen molar-refractivity contribution in [2.45, 2.75) is 32.5 Å². The van der Waals surface area contributed by atoms with E-state index in [1.807, 2.05) is 6.07 Å². The lowest BCUT2D eigenvalue weighted by atomic mass is 9.81. The highest BCUT2D eigenvalue weighted by molar-refractivity contribution is 4.88. The molecular formula is C8H13N. The maximum atomic E-state index is 8.78. The van der Waals surface area contributed by atoms with Gasteiger partial charge >= 0.3 is 0 Å². The Balaban J connectivity index is 3.03. The zero-order chi connectivity index (χ0) is 11.1. The van der Waals surface area contributed by atoms with Gasteiger partial charge < -0.3 is 0 Å². The highest BCUT2D eigenvalue weighted by atomic mass is 14.3. The molecule has 0 heterocycles. The van der Waals surface area contributed by atoms with Gasteiger partial charge in [-0.15, -0.1) is 0 Å². The Morgan fingerprint density at radius 3 is 3.33 bits per heavy atom. The number of hydrogen-bond donors (Lipinski definition) is 0. The van der Waals surface area contributed by atoms with E-state index in [2.05, 4.69) is 0 Å². The quantitative estimate of drug-likeness (QED) is 0.491. The SMILES string of the molecule is [2H][C@@H]1[C@H]([2H])C([2H])([2H])C[C@@H](C#N)[C@]1([2H])C. The average molecular weight is 128 g/mol. The number of hydrogen-bond acceptors (Lipinski definition) is 1. The van der Waals surface area contributed by atoms with Crippen molar-refractivity contribution >= 4 is 0 Å². The number of nitrogens with zero attached hydrogens (tertiary/aromatic N) is 1. The minimum Gasteiger partial charge on any atom is -0.198 e. The molecule has 0 saturated heterocycles. The largest absolute Gasteiger partial charge is 0.198 e. The van der Waals surface area contributed by atoms with Crippen LogP contribution < -0.4 is 0 Å². The van der Waals surface area contributed by atoms with Crippen molar-refractivity contribution in [3.63, 3.8) is 0 Å². The maximum absolute atomic E-state index is 8.78. The lowest BCUT2D eigenvalue weighted by molar-refractivity contribution is 0.313. The van der Waals surface area contributed by atoms with Crippen molar-refractivity contribution < 1.29 is 6.85 Å². The van der Waals surface area contributed by atoms with Crippen LogP contribution in [0, 0.1) is 23.1 Å². The average Bonchev–Trinajstić information content (AvgIpc) is 2.09. The van der Waals surface area contributed by atoms with Crippen molar-refractivity contribution in [2.75, 3.05) is 0 Å². The zero-order valence-corrected chi connectivity index (χ0v) is 5.39. The molecule has 1 heteroatoms. The van der Waals surface area contributed by atoms with Gasteiger partial charge in [0.05, 0.1) is 6.07 Å². The highest BCUT2D eigenvalue weighted by Crippen LogP contribution is 2.28. The van der Waals surface area contributed by atoms with Gasteiger partial charge in [-0.1, -0.05) is 19.7 Å². The Kier molecular flexibility index (Phi) is 0.834. The molecule has 0 radical (unpaired) electrons. The molecule has 0 aromatic rings. The van der Waals surface area contributed by atoms with Crippen molar-refractivity contribution in [2.24, 2.45) is 11.8 Å². The summed E-state index contributed by atoms with van der Waals surface area (Å²) in [5.74, 6) is -2.14. The van der Waals surface area contributed by atoms with Crippen molar-refractivity contribution in [1.82, 2.24) is 0 Å². The summed E-state index contributed by atoms with van der Waals surface area (Å²) < 4.78 is 37.9. The van der Waals surface area contributed by atoms with E-state index < -0.39 is 31.0 Å². The van der Waals surface area contributed by atoms with Gasteiger partial charge in [-0.3, -0.25) is 0 Å². The fourth-order valence-electron chi connectivity index (χ4n) is 0.801. The smallest absolute Gasteiger partial charge is 0.0658 e. The Morgan fingerprint density at radius 1 is 1.89 bits per heavy atom. The summed E-state index contributed by atoms with van der Waals surface area (Å²) in [6, 6.07) is 1.87. The zero-order valence-electron chi connectivity index (χ0n) is 10.4. The van der Waals surface area contributed by atoms with E-state index in [4.69, 9.17) is 12.1 Å². The summed E-state index contributed by atoms with van der Waals surface area (Å²) in [5.41, 5.74) is 0. The van der Waals surface area contributed by atoms with Crippen LogP contribution >= 0.6 is 0 Å². The molecular weight excluding hydrogens is 110 g/mol. The van der Waals surface area contributed by atoms with E-state index in [0.717, 1.165) is 0 Å². The Labute approximate surface area is 63.7 Å². The van der Waals surface area contributed by atoms with Gasteiger partial charge in [0, 0.05) is 12.8 Å². The highest BCUT2D eigenvalue weighted by Gasteiger charge is 2.19. The van der Waals surface area contributed by atoms with Crippen molar-refractivity contribution in [3.05, 3.63) is 0 Å². The standard InChI is InChI=1S/C8H13N/c1-7-4-2-3-5-8(7)6-9/h7-8H,2-5H2,1H3/t7-,8+/m1/s1/i2D,3D2,4D,7D/t2-,4-,7-,8+. The minimum atomic E-state index is -1.83. The third-order valence-electron chi connectivity index (χ3n) is 1.49. The Morgan fingerprint density at radius 2 is 2.67 bits per heavy atom. The first-order valence-electron chi connectivity index (χ1n) is 5.63. The number of nitriles is 1. The molecule has 1 nitrogen and oxygen atoms in total. The fraction of sp³-hybridized carbons (Fsp3) is 0.875. The van der Waals surface area contributed by atoms with Crippen LogP contribution in [0.4, 0.5) is 0 Å². The van der Waals surface area contributed by atoms with Gasteiger partial charge in [0.1, 0.15) is 0 Å². The predicted molar refractivity (Wildman–Crippen MR) is 36.7 cm³/mol. The molecule has 1 fully saturated rings. The molecule has 1 aliphatic carbocycles. The Bertz CT molecular complexity index is 269. The third-order valence-corrected chi connectivity index (χ3v) is 1.49. The summed E-state index contributed by atoms with van der Waals surface area (Å²) in [4.78, 5) is 0.